The van der Waals surface area contributed by atoms with Gasteiger partial charge in [-0.2, -0.15) is 5.10 Å². The Balaban J connectivity index is 0.00000208. The van der Waals surface area contributed by atoms with E-state index in [1.54, 1.807) is 0 Å². The van der Waals surface area contributed by atoms with Crippen LogP contribution < -0.4 is 10.6 Å². The number of halogens is 2. The van der Waals surface area contributed by atoms with Crippen molar-refractivity contribution >= 4 is 29.9 Å². The third kappa shape index (κ3) is 4.09. The zero-order valence-corrected chi connectivity index (χ0v) is 15.4. The standard InChI is InChI=1S/C17H21ClN4O.ClH/c1-11-16(9-17(23)20-14-7-8-19-10-14)12(2)22(21-11)15-5-3-13(18)4-6-15;/h3-6,14,19H,7-10H2,1-2H3,(H,20,23);1H. The van der Waals surface area contributed by atoms with Gasteiger partial charge in [-0.05, 0) is 51.1 Å². The maximum absolute atomic E-state index is 12.3. The highest BCUT2D eigenvalue weighted by Gasteiger charge is 2.20. The summed E-state index contributed by atoms with van der Waals surface area (Å²) < 4.78 is 1.87. The number of amides is 1. The van der Waals surface area contributed by atoms with Gasteiger partial charge >= 0.3 is 0 Å². The molecule has 2 aromatic rings. The number of carbonyl (C=O) groups is 1. The lowest BCUT2D eigenvalue weighted by molar-refractivity contribution is -0.121. The maximum Gasteiger partial charge on any atom is 0.224 e. The first-order chi connectivity index (χ1) is 11.0. The number of benzene rings is 1. The van der Waals surface area contributed by atoms with Crippen molar-refractivity contribution < 1.29 is 4.79 Å². The molecule has 2 heterocycles. The Labute approximate surface area is 153 Å². The second-order valence-corrected chi connectivity index (χ2v) is 6.41. The Kier molecular flexibility index (Phi) is 6.27. The van der Waals surface area contributed by atoms with Crippen LogP contribution in [0.3, 0.4) is 0 Å². The summed E-state index contributed by atoms with van der Waals surface area (Å²) in [6.07, 6.45) is 1.36. The number of nitrogens with one attached hydrogen (secondary N) is 2. The molecule has 0 bridgehead atoms. The number of rotatable bonds is 4. The number of aryl methyl sites for hydroxylation is 1. The van der Waals surface area contributed by atoms with Crippen LogP contribution in [0.5, 0.6) is 0 Å². The first-order valence-corrected chi connectivity index (χ1v) is 8.23. The van der Waals surface area contributed by atoms with Crippen molar-refractivity contribution in [3.8, 4) is 5.69 Å². The van der Waals surface area contributed by atoms with E-state index in [9.17, 15) is 4.79 Å². The highest BCUT2D eigenvalue weighted by molar-refractivity contribution is 6.30. The first kappa shape index (κ1) is 18.8. The van der Waals surface area contributed by atoms with E-state index >= 15 is 0 Å². The van der Waals surface area contributed by atoms with E-state index in [4.69, 9.17) is 11.6 Å². The summed E-state index contributed by atoms with van der Waals surface area (Å²) in [5.41, 5.74) is 3.81. The van der Waals surface area contributed by atoms with Gasteiger partial charge in [0.2, 0.25) is 5.91 Å². The predicted molar refractivity (Wildman–Crippen MR) is 98.4 cm³/mol. The minimum absolute atomic E-state index is 0. The van der Waals surface area contributed by atoms with Crippen LogP contribution in [-0.4, -0.2) is 34.8 Å². The topological polar surface area (TPSA) is 59.0 Å². The van der Waals surface area contributed by atoms with Gasteiger partial charge in [0.25, 0.3) is 0 Å². The second-order valence-electron chi connectivity index (χ2n) is 5.97. The molecule has 0 saturated carbocycles. The molecular formula is C17H22Cl2N4O. The number of nitrogens with zero attached hydrogens (tertiary/aromatic N) is 2. The van der Waals surface area contributed by atoms with Crippen molar-refractivity contribution in [1.82, 2.24) is 20.4 Å². The molecule has 1 aliphatic rings. The third-order valence-electron chi connectivity index (χ3n) is 4.28. The number of aromatic nitrogens is 2. The van der Waals surface area contributed by atoms with E-state index in [-0.39, 0.29) is 24.4 Å². The molecule has 1 atom stereocenters. The van der Waals surface area contributed by atoms with Crippen LogP contribution in [0.25, 0.3) is 5.69 Å². The fourth-order valence-electron chi connectivity index (χ4n) is 2.98. The van der Waals surface area contributed by atoms with Gasteiger partial charge in [-0.15, -0.1) is 12.4 Å². The Morgan fingerprint density at radius 2 is 2.08 bits per heavy atom. The largest absolute Gasteiger partial charge is 0.352 e. The molecule has 3 rings (SSSR count). The maximum atomic E-state index is 12.3. The zero-order valence-electron chi connectivity index (χ0n) is 13.8. The van der Waals surface area contributed by atoms with Crippen molar-refractivity contribution in [2.45, 2.75) is 32.7 Å². The van der Waals surface area contributed by atoms with Gasteiger partial charge in [-0.3, -0.25) is 4.79 Å². The number of hydrogen-bond acceptors (Lipinski definition) is 3. The summed E-state index contributed by atoms with van der Waals surface area (Å²) in [5, 5.41) is 11.6. The average Bonchev–Trinajstić information content (AvgIpc) is 3.12. The summed E-state index contributed by atoms with van der Waals surface area (Å²) in [6, 6.07) is 7.78. The molecule has 0 spiro atoms. The Hall–Kier alpha value is -1.56. The van der Waals surface area contributed by atoms with E-state index in [1.807, 2.05) is 42.8 Å². The molecule has 0 aliphatic carbocycles. The average molecular weight is 369 g/mol. The fraction of sp³-hybridized carbons (Fsp3) is 0.412. The summed E-state index contributed by atoms with van der Waals surface area (Å²) in [7, 11) is 0. The van der Waals surface area contributed by atoms with E-state index in [0.29, 0.717) is 11.4 Å². The van der Waals surface area contributed by atoms with Crippen LogP contribution >= 0.6 is 24.0 Å². The lowest BCUT2D eigenvalue weighted by atomic mass is 10.1. The van der Waals surface area contributed by atoms with Crippen LogP contribution in [0, 0.1) is 13.8 Å². The molecule has 1 aromatic heterocycles. The Morgan fingerprint density at radius 3 is 2.71 bits per heavy atom. The Morgan fingerprint density at radius 1 is 1.38 bits per heavy atom. The highest BCUT2D eigenvalue weighted by Crippen LogP contribution is 2.20. The Bertz CT molecular complexity index is 706. The lowest BCUT2D eigenvalue weighted by Gasteiger charge is -2.11. The molecule has 24 heavy (non-hydrogen) atoms. The molecular weight excluding hydrogens is 347 g/mol. The van der Waals surface area contributed by atoms with E-state index in [2.05, 4.69) is 15.7 Å². The predicted octanol–water partition coefficient (Wildman–Crippen LogP) is 2.58. The van der Waals surface area contributed by atoms with Gasteiger partial charge in [0, 0.05) is 28.9 Å². The minimum Gasteiger partial charge on any atom is -0.352 e. The molecule has 2 N–H and O–H groups in total. The van der Waals surface area contributed by atoms with Crippen LogP contribution in [-0.2, 0) is 11.2 Å². The molecule has 1 fully saturated rings. The second kappa shape index (κ2) is 8.01. The van der Waals surface area contributed by atoms with Crippen molar-refractivity contribution in [3.63, 3.8) is 0 Å². The zero-order chi connectivity index (χ0) is 16.4. The molecule has 1 aliphatic heterocycles. The van der Waals surface area contributed by atoms with Crippen LogP contribution in [0.1, 0.15) is 23.4 Å². The summed E-state index contributed by atoms with van der Waals surface area (Å²) in [6.45, 7) is 5.76. The SMILES string of the molecule is Cc1nn(-c2ccc(Cl)cc2)c(C)c1CC(=O)NC1CCNC1.Cl. The quantitative estimate of drug-likeness (QED) is 0.871. The van der Waals surface area contributed by atoms with Gasteiger partial charge in [0.1, 0.15) is 0 Å². The van der Waals surface area contributed by atoms with Crippen molar-refractivity contribution in [2.75, 3.05) is 13.1 Å². The van der Waals surface area contributed by atoms with Gasteiger partial charge in [0.15, 0.2) is 0 Å². The van der Waals surface area contributed by atoms with Crippen molar-refractivity contribution in [3.05, 3.63) is 46.2 Å². The summed E-state index contributed by atoms with van der Waals surface area (Å²) >= 11 is 5.94. The molecule has 1 saturated heterocycles. The smallest absolute Gasteiger partial charge is 0.224 e. The van der Waals surface area contributed by atoms with Crippen LogP contribution in [0.2, 0.25) is 5.02 Å². The van der Waals surface area contributed by atoms with Crippen molar-refractivity contribution in [1.29, 1.82) is 0 Å². The number of carbonyl (C=O) groups excluding carboxylic acids is 1. The van der Waals surface area contributed by atoms with Crippen molar-refractivity contribution in [2.24, 2.45) is 0 Å². The van der Waals surface area contributed by atoms with Gasteiger partial charge in [0.05, 0.1) is 17.8 Å². The normalized spacial score (nSPS) is 16.7. The number of hydrogen-bond donors (Lipinski definition) is 2. The fourth-order valence-corrected chi connectivity index (χ4v) is 3.11. The minimum atomic E-state index is 0. The lowest BCUT2D eigenvalue weighted by Crippen LogP contribution is -2.37. The molecule has 7 heteroatoms. The monoisotopic (exact) mass is 368 g/mol. The summed E-state index contributed by atoms with van der Waals surface area (Å²) in [5.74, 6) is 0.0561. The van der Waals surface area contributed by atoms with E-state index in [1.165, 1.54) is 0 Å². The third-order valence-corrected chi connectivity index (χ3v) is 4.53. The molecule has 1 unspecified atom stereocenters. The molecule has 5 nitrogen and oxygen atoms in total. The highest BCUT2D eigenvalue weighted by atomic mass is 35.5. The van der Waals surface area contributed by atoms with Crippen LogP contribution in [0.15, 0.2) is 24.3 Å². The van der Waals surface area contributed by atoms with Gasteiger partial charge in [-0.25, -0.2) is 4.68 Å². The van der Waals surface area contributed by atoms with Gasteiger partial charge < -0.3 is 10.6 Å². The van der Waals surface area contributed by atoms with Gasteiger partial charge in [-0.1, -0.05) is 11.6 Å². The van der Waals surface area contributed by atoms with E-state index in [0.717, 1.165) is 42.1 Å². The molecule has 1 aromatic carbocycles. The first-order valence-electron chi connectivity index (χ1n) is 7.85. The van der Waals surface area contributed by atoms with E-state index < -0.39 is 0 Å². The molecule has 1 amide bonds. The molecule has 130 valence electrons. The van der Waals surface area contributed by atoms with Crippen LogP contribution in [0.4, 0.5) is 0 Å². The summed E-state index contributed by atoms with van der Waals surface area (Å²) in [4.78, 5) is 12.3. The molecule has 0 radical (unpaired) electrons.